The van der Waals surface area contributed by atoms with Crippen LogP contribution in [-0.4, -0.2) is 27.1 Å². The maximum Gasteiger partial charge on any atom is 0.241 e. The number of carbonyl (C=O) groups is 1. The lowest BCUT2D eigenvalue weighted by atomic mass is 10.2. The Morgan fingerprint density at radius 3 is 2.50 bits per heavy atom. The molecule has 1 amide bonds. The first-order chi connectivity index (χ1) is 11.3. The molecule has 0 fully saturated rings. The lowest BCUT2D eigenvalue weighted by Gasteiger charge is -2.23. The second-order valence-electron chi connectivity index (χ2n) is 5.46. The van der Waals surface area contributed by atoms with Gasteiger partial charge in [-0.3, -0.25) is 9.10 Å². The molecule has 0 saturated carbocycles. The Hall–Kier alpha value is -2.05. The topological polar surface area (TPSA) is 66.5 Å². The van der Waals surface area contributed by atoms with Crippen LogP contribution in [0.2, 0.25) is 5.02 Å². The molecule has 0 unspecified atom stereocenters. The molecule has 24 heavy (non-hydrogen) atoms. The van der Waals surface area contributed by atoms with Crippen molar-refractivity contribution in [2.75, 3.05) is 17.1 Å². The van der Waals surface area contributed by atoms with Gasteiger partial charge in [0.15, 0.2) is 0 Å². The number of aryl methyl sites for hydroxylation is 1. The summed E-state index contributed by atoms with van der Waals surface area (Å²) in [7, 11) is -3.57. The Balaban J connectivity index is 2.10. The van der Waals surface area contributed by atoms with E-state index in [0.717, 1.165) is 21.7 Å². The minimum absolute atomic E-state index is 0.274. The van der Waals surface area contributed by atoms with Crippen molar-refractivity contribution < 1.29 is 13.2 Å². The lowest BCUT2D eigenvalue weighted by Crippen LogP contribution is -2.40. The summed E-state index contributed by atoms with van der Waals surface area (Å²) in [6.45, 7) is 1.81. The highest BCUT2D eigenvalue weighted by atomic mass is 35.5. The van der Waals surface area contributed by atoms with Gasteiger partial charge in [-0.15, -0.1) is 0 Å². The summed E-state index contributed by atoms with van der Waals surface area (Å²) in [5.41, 5.74) is 2.13. The van der Waals surface area contributed by atoms with E-state index in [0.29, 0.717) is 10.7 Å². The number of anilines is 1. The second kappa shape index (κ2) is 7.68. The van der Waals surface area contributed by atoms with E-state index in [1.54, 1.807) is 43.3 Å². The molecular weight excluding hydrogens is 348 g/mol. The average molecular weight is 367 g/mol. The quantitative estimate of drug-likeness (QED) is 0.854. The molecule has 2 rings (SSSR count). The van der Waals surface area contributed by atoms with E-state index in [1.165, 1.54) is 0 Å². The summed E-state index contributed by atoms with van der Waals surface area (Å²) >= 11 is 5.90. The third-order valence-electron chi connectivity index (χ3n) is 3.45. The summed E-state index contributed by atoms with van der Waals surface area (Å²) in [6.07, 6.45) is 1.09. The number of para-hydroxylation sites is 1. The fraction of sp³-hybridized carbons (Fsp3) is 0.235. The summed E-state index contributed by atoms with van der Waals surface area (Å²) in [4.78, 5) is 12.2. The zero-order valence-electron chi connectivity index (χ0n) is 13.5. The Morgan fingerprint density at radius 1 is 1.17 bits per heavy atom. The number of hydrogen-bond donors (Lipinski definition) is 1. The molecule has 5 nitrogen and oxygen atoms in total. The van der Waals surface area contributed by atoms with Crippen molar-refractivity contribution in [3.05, 3.63) is 64.7 Å². The van der Waals surface area contributed by atoms with Crippen molar-refractivity contribution in [1.82, 2.24) is 5.32 Å². The average Bonchev–Trinajstić information content (AvgIpc) is 2.50. The Kier molecular flexibility index (Phi) is 5.85. The molecule has 2 aromatic rings. The number of nitrogens with zero attached hydrogens (tertiary/aromatic N) is 1. The number of halogens is 1. The zero-order chi connectivity index (χ0) is 17.7. The predicted molar refractivity (Wildman–Crippen MR) is 96.7 cm³/mol. The van der Waals surface area contributed by atoms with Gasteiger partial charge >= 0.3 is 0 Å². The van der Waals surface area contributed by atoms with Gasteiger partial charge < -0.3 is 5.32 Å². The number of amides is 1. The van der Waals surface area contributed by atoms with Crippen molar-refractivity contribution in [3.63, 3.8) is 0 Å². The minimum atomic E-state index is -3.57. The predicted octanol–water partition coefficient (Wildman–Crippen LogP) is 2.73. The van der Waals surface area contributed by atoms with Crippen LogP contribution in [0.3, 0.4) is 0 Å². The number of rotatable bonds is 6. The molecule has 0 saturated heterocycles. The fourth-order valence-corrected chi connectivity index (χ4v) is 3.39. The van der Waals surface area contributed by atoms with Crippen LogP contribution < -0.4 is 9.62 Å². The van der Waals surface area contributed by atoms with Gasteiger partial charge in [-0.1, -0.05) is 41.9 Å². The Labute approximate surface area is 147 Å². The standard InChI is InChI=1S/C17H19ClN2O3S/c1-13-6-3-4-9-16(13)20(24(2,22)23)12-17(21)19-11-14-7-5-8-15(18)10-14/h3-10H,11-12H2,1-2H3,(H,19,21). The molecule has 0 bridgehead atoms. The van der Waals surface area contributed by atoms with Crippen LogP contribution in [0.1, 0.15) is 11.1 Å². The number of carbonyl (C=O) groups excluding carboxylic acids is 1. The smallest absolute Gasteiger partial charge is 0.241 e. The third-order valence-corrected chi connectivity index (χ3v) is 4.81. The molecular formula is C17H19ClN2O3S. The summed E-state index contributed by atoms with van der Waals surface area (Å²) in [6, 6.07) is 14.2. The molecule has 0 radical (unpaired) electrons. The van der Waals surface area contributed by atoms with Gasteiger partial charge in [-0.2, -0.15) is 0 Å². The normalized spacial score (nSPS) is 11.1. The van der Waals surface area contributed by atoms with E-state index in [1.807, 2.05) is 12.1 Å². The molecule has 0 aliphatic heterocycles. The van der Waals surface area contributed by atoms with E-state index >= 15 is 0 Å². The number of hydrogen-bond acceptors (Lipinski definition) is 3. The zero-order valence-corrected chi connectivity index (χ0v) is 15.1. The lowest BCUT2D eigenvalue weighted by molar-refractivity contribution is -0.119. The van der Waals surface area contributed by atoms with Crippen molar-refractivity contribution in [2.45, 2.75) is 13.5 Å². The van der Waals surface area contributed by atoms with E-state index in [2.05, 4.69) is 5.32 Å². The fourth-order valence-electron chi connectivity index (χ4n) is 2.26. The van der Waals surface area contributed by atoms with Gasteiger partial charge in [-0.25, -0.2) is 8.42 Å². The van der Waals surface area contributed by atoms with E-state index in [-0.39, 0.29) is 19.0 Å². The Bertz CT molecular complexity index is 837. The highest BCUT2D eigenvalue weighted by molar-refractivity contribution is 7.92. The van der Waals surface area contributed by atoms with Crippen LogP contribution in [-0.2, 0) is 21.4 Å². The van der Waals surface area contributed by atoms with Gasteiger partial charge in [0, 0.05) is 11.6 Å². The van der Waals surface area contributed by atoms with Gasteiger partial charge in [0.25, 0.3) is 0 Å². The molecule has 0 aliphatic rings. The van der Waals surface area contributed by atoms with Crippen LogP contribution >= 0.6 is 11.6 Å². The van der Waals surface area contributed by atoms with Gasteiger partial charge in [0.1, 0.15) is 6.54 Å². The van der Waals surface area contributed by atoms with Crippen molar-refractivity contribution >= 4 is 33.2 Å². The molecule has 0 heterocycles. The molecule has 1 N–H and O–H groups in total. The van der Waals surface area contributed by atoms with Crippen LogP contribution in [0.5, 0.6) is 0 Å². The van der Waals surface area contributed by atoms with Crippen LogP contribution in [0.4, 0.5) is 5.69 Å². The molecule has 128 valence electrons. The SMILES string of the molecule is Cc1ccccc1N(CC(=O)NCc1cccc(Cl)c1)S(C)(=O)=O. The molecule has 7 heteroatoms. The molecule has 0 atom stereocenters. The molecule has 0 aromatic heterocycles. The van der Waals surface area contributed by atoms with E-state index < -0.39 is 10.0 Å². The number of benzene rings is 2. The first-order valence-electron chi connectivity index (χ1n) is 7.32. The third kappa shape index (κ3) is 4.97. The number of nitrogens with one attached hydrogen (secondary N) is 1. The van der Waals surface area contributed by atoms with E-state index in [9.17, 15) is 13.2 Å². The van der Waals surface area contributed by atoms with E-state index in [4.69, 9.17) is 11.6 Å². The first-order valence-corrected chi connectivity index (χ1v) is 9.54. The summed E-state index contributed by atoms with van der Waals surface area (Å²) in [5, 5.41) is 3.30. The van der Waals surface area contributed by atoms with Crippen LogP contribution in [0.15, 0.2) is 48.5 Å². The molecule has 0 aliphatic carbocycles. The highest BCUT2D eigenvalue weighted by Gasteiger charge is 2.21. The Morgan fingerprint density at radius 2 is 1.88 bits per heavy atom. The monoisotopic (exact) mass is 366 g/mol. The molecule has 2 aromatic carbocycles. The van der Waals surface area contributed by atoms with Crippen molar-refractivity contribution in [3.8, 4) is 0 Å². The second-order valence-corrected chi connectivity index (χ2v) is 7.81. The van der Waals surface area contributed by atoms with Gasteiger partial charge in [-0.05, 0) is 36.2 Å². The van der Waals surface area contributed by atoms with Crippen molar-refractivity contribution in [2.24, 2.45) is 0 Å². The minimum Gasteiger partial charge on any atom is -0.350 e. The van der Waals surface area contributed by atoms with Crippen LogP contribution in [0, 0.1) is 6.92 Å². The highest BCUT2D eigenvalue weighted by Crippen LogP contribution is 2.21. The van der Waals surface area contributed by atoms with Crippen molar-refractivity contribution in [1.29, 1.82) is 0 Å². The first kappa shape index (κ1) is 18.3. The molecule has 0 spiro atoms. The maximum atomic E-state index is 12.2. The van der Waals surface area contributed by atoms with Gasteiger partial charge in [0.2, 0.25) is 15.9 Å². The number of sulfonamides is 1. The largest absolute Gasteiger partial charge is 0.350 e. The van der Waals surface area contributed by atoms with Crippen LogP contribution in [0.25, 0.3) is 0 Å². The van der Waals surface area contributed by atoms with Gasteiger partial charge in [0.05, 0.1) is 11.9 Å². The maximum absolute atomic E-state index is 12.2. The summed E-state index contributed by atoms with van der Waals surface area (Å²) in [5.74, 6) is -0.386. The summed E-state index contributed by atoms with van der Waals surface area (Å²) < 4.78 is 25.2.